The number of anilines is 2. The number of nitrogens with zero attached hydrogens (tertiary/aromatic N) is 3. The van der Waals surface area contributed by atoms with Gasteiger partial charge in [0.25, 0.3) is 15.9 Å². The van der Waals surface area contributed by atoms with Gasteiger partial charge in [-0.1, -0.05) is 53.8 Å². The summed E-state index contributed by atoms with van der Waals surface area (Å²) in [6, 6.07) is 21.1. The number of carbonyl (C=O) groups excluding carboxylic acids is 1. The van der Waals surface area contributed by atoms with Crippen molar-refractivity contribution >= 4 is 48.3 Å². The number of benzene rings is 3. The predicted molar refractivity (Wildman–Crippen MR) is 136 cm³/mol. The highest BCUT2D eigenvalue weighted by molar-refractivity contribution is 7.92. The van der Waals surface area contributed by atoms with Crippen molar-refractivity contribution < 1.29 is 13.2 Å². The smallest absolute Gasteiger partial charge is 0.261 e. The van der Waals surface area contributed by atoms with Crippen molar-refractivity contribution in [3.63, 3.8) is 0 Å². The molecule has 1 aromatic heterocycles. The molecule has 174 valence electrons. The molecule has 7 nitrogen and oxygen atoms in total. The van der Waals surface area contributed by atoms with Crippen molar-refractivity contribution in [1.82, 2.24) is 9.88 Å². The molecule has 1 saturated heterocycles. The molecule has 1 fully saturated rings. The second-order valence-electron chi connectivity index (χ2n) is 8.16. The van der Waals surface area contributed by atoms with Gasteiger partial charge in [0.1, 0.15) is 0 Å². The fourth-order valence-electron chi connectivity index (χ4n) is 4.04. The summed E-state index contributed by atoms with van der Waals surface area (Å²) in [6.07, 6.45) is 0. The van der Waals surface area contributed by atoms with Gasteiger partial charge in [-0.3, -0.25) is 9.52 Å². The molecular formula is C25H24N4O3S2. The molecule has 1 aliphatic heterocycles. The number of hydrogen-bond donors (Lipinski definition) is 1. The highest BCUT2D eigenvalue weighted by Gasteiger charge is 2.26. The van der Waals surface area contributed by atoms with Gasteiger partial charge < -0.3 is 9.80 Å². The second kappa shape index (κ2) is 9.08. The minimum absolute atomic E-state index is 0.150. The van der Waals surface area contributed by atoms with Crippen molar-refractivity contribution in [3.8, 4) is 0 Å². The number of rotatable bonds is 5. The van der Waals surface area contributed by atoms with Crippen LogP contribution < -0.4 is 9.62 Å². The summed E-state index contributed by atoms with van der Waals surface area (Å²) in [5.41, 5.74) is 2.80. The van der Waals surface area contributed by atoms with E-state index >= 15 is 0 Å². The van der Waals surface area contributed by atoms with E-state index in [2.05, 4.69) is 28.7 Å². The molecule has 0 radical (unpaired) electrons. The van der Waals surface area contributed by atoms with Crippen LogP contribution in [0.25, 0.3) is 10.2 Å². The van der Waals surface area contributed by atoms with Crippen molar-refractivity contribution in [2.24, 2.45) is 0 Å². The lowest BCUT2D eigenvalue weighted by Crippen LogP contribution is -2.48. The number of para-hydroxylation sites is 2. The summed E-state index contributed by atoms with van der Waals surface area (Å²) < 4.78 is 29.3. The first-order chi connectivity index (χ1) is 16.4. The molecule has 0 spiro atoms. The van der Waals surface area contributed by atoms with E-state index in [0.29, 0.717) is 31.7 Å². The zero-order valence-corrected chi connectivity index (χ0v) is 20.3. The van der Waals surface area contributed by atoms with Crippen LogP contribution in [0.3, 0.4) is 0 Å². The van der Waals surface area contributed by atoms with E-state index in [4.69, 9.17) is 4.98 Å². The number of nitrogens with one attached hydrogen (secondary N) is 1. The minimum atomic E-state index is -3.80. The SMILES string of the molecule is Cc1cccc2sc(N3CCN(C(=O)c4ccccc4NS(=O)(=O)c4ccccc4)CC3)nc12. The normalized spacial score (nSPS) is 14.4. The summed E-state index contributed by atoms with van der Waals surface area (Å²) in [4.78, 5) is 22.3. The molecule has 0 bridgehead atoms. The van der Waals surface area contributed by atoms with E-state index in [1.807, 2.05) is 6.07 Å². The van der Waals surface area contributed by atoms with Crippen LogP contribution >= 0.6 is 11.3 Å². The fourth-order valence-corrected chi connectivity index (χ4v) is 6.24. The second-order valence-corrected chi connectivity index (χ2v) is 10.9. The first kappa shape index (κ1) is 22.4. The Morgan fingerprint density at radius 1 is 0.912 bits per heavy atom. The van der Waals surface area contributed by atoms with E-state index in [1.165, 1.54) is 12.1 Å². The molecule has 1 amide bonds. The number of sulfonamides is 1. The van der Waals surface area contributed by atoms with Crippen LogP contribution in [0.4, 0.5) is 10.8 Å². The number of hydrogen-bond acceptors (Lipinski definition) is 6. The first-order valence-electron chi connectivity index (χ1n) is 11.0. The fraction of sp³-hybridized carbons (Fsp3) is 0.200. The Morgan fingerprint density at radius 2 is 1.62 bits per heavy atom. The van der Waals surface area contributed by atoms with Crippen LogP contribution in [-0.2, 0) is 10.0 Å². The lowest BCUT2D eigenvalue weighted by atomic mass is 10.1. The van der Waals surface area contributed by atoms with Gasteiger partial charge in [0.05, 0.1) is 26.4 Å². The topological polar surface area (TPSA) is 82.6 Å². The highest BCUT2D eigenvalue weighted by atomic mass is 32.2. The predicted octanol–water partition coefficient (Wildman–Crippen LogP) is 4.37. The standard InChI is InChI=1S/C25H24N4O3S2/c1-18-8-7-13-22-23(18)26-25(33-22)29-16-14-28(15-17-29)24(30)20-11-5-6-12-21(20)27-34(31,32)19-9-3-2-4-10-19/h2-13,27H,14-17H2,1H3. The van der Waals surface area contributed by atoms with Crippen molar-refractivity contribution in [2.75, 3.05) is 35.8 Å². The van der Waals surface area contributed by atoms with E-state index < -0.39 is 10.0 Å². The quantitative estimate of drug-likeness (QED) is 0.447. The number of aryl methyl sites for hydroxylation is 1. The maximum Gasteiger partial charge on any atom is 0.261 e. The van der Waals surface area contributed by atoms with E-state index in [1.54, 1.807) is 58.7 Å². The molecule has 0 unspecified atom stereocenters. The maximum absolute atomic E-state index is 13.3. The zero-order valence-electron chi connectivity index (χ0n) is 18.6. The summed E-state index contributed by atoms with van der Waals surface area (Å²) in [6.45, 7) is 4.47. The Kier molecular flexibility index (Phi) is 5.97. The third-order valence-electron chi connectivity index (χ3n) is 5.90. The summed E-state index contributed by atoms with van der Waals surface area (Å²) in [5, 5.41) is 0.965. The van der Waals surface area contributed by atoms with Gasteiger partial charge >= 0.3 is 0 Å². The molecule has 0 saturated carbocycles. The van der Waals surface area contributed by atoms with Gasteiger partial charge in [-0.25, -0.2) is 13.4 Å². The van der Waals surface area contributed by atoms with Gasteiger partial charge in [-0.2, -0.15) is 0 Å². The van der Waals surface area contributed by atoms with Crippen molar-refractivity contribution in [3.05, 3.63) is 83.9 Å². The molecule has 5 rings (SSSR count). The molecule has 1 aliphatic rings. The Labute approximate surface area is 202 Å². The number of aromatic nitrogens is 1. The van der Waals surface area contributed by atoms with Gasteiger partial charge in [0, 0.05) is 26.2 Å². The van der Waals surface area contributed by atoms with Crippen molar-refractivity contribution in [2.45, 2.75) is 11.8 Å². The zero-order chi connectivity index (χ0) is 23.7. The maximum atomic E-state index is 13.3. The Hall–Kier alpha value is -3.43. The number of amides is 1. The van der Waals surface area contributed by atoms with Gasteiger partial charge in [-0.15, -0.1) is 0 Å². The van der Waals surface area contributed by atoms with Crippen LogP contribution in [-0.4, -0.2) is 50.4 Å². The average molecular weight is 493 g/mol. The van der Waals surface area contributed by atoms with Crippen molar-refractivity contribution in [1.29, 1.82) is 0 Å². The number of carbonyl (C=O) groups is 1. The lowest BCUT2D eigenvalue weighted by molar-refractivity contribution is 0.0748. The molecule has 9 heteroatoms. The molecular weight excluding hydrogens is 468 g/mol. The first-order valence-corrected chi connectivity index (χ1v) is 13.3. The average Bonchev–Trinajstić information content (AvgIpc) is 3.30. The minimum Gasteiger partial charge on any atom is -0.345 e. The summed E-state index contributed by atoms with van der Waals surface area (Å²) >= 11 is 1.67. The van der Waals surface area contributed by atoms with E-state index in [9.17, 15) is 13.2 Å². The van der Waals surface area contributed by atoms with Gasteiger partial charge in [0.2, 0.25) is 0 Å². The molecule has 2 heterocycles. The summed E-state index contributed by atoms with van der Waals surface area (Å²) in [7, 11) is -3.80. The molecule has 0 atom stereocenters. The molecule has 4 aromatic rings. The number of fused-ring (bicyclic) bond motifs is 1. The van der Waals surface area contributed by atoms with Gasteiger partial charge in [-0.05, 0) is 42.8 Å². The number of piperazine rings is 1. The van der Waals surface area contributed by atoms with Crippen LogP contribution in [0.15, 0.2) is 77.7 Å². The molecule has 3 aromatic carbocycles. The van der Waals surface area contributed by atoms with Crippen LogP contribution in [0, 0.1) is 6.92 Å². The van der Waals surface area contributed by atoms with Gasteiger partial charge in [0.15, 0.2) is 5.13 Å². The molecule has 34 heavy (non-hydrogen) atoms. The largest absolute Gasteiger partial charge is 0.345 e. The van der Waals surface area contributed by atoms with E-state index in [-0.39, 0.29) is 16.5 Å². The van der Waals surface area contributed by atoms with Crippen LogP contribution in [0.2, 0.25) is 0 Å². The third-order valence-corrected chi connectivity index (χ3v) is 8.36. The Bertz CT molecular complexity index is 1440. The Balaban J connectivity index is 1.31. The van der Waals surface area contributed by atoms with Crippen LogP contribution in [0.5, 0.6) is 0 Å². The third kappa shape index (κ3) is 4.36. The highest BCUT2D eigenvalue weighted by Crippen LogP contribution is 2.31. The monoisotopic (exact) mass is 492 g/mol. The molecule has 1 N–H and O–H groups in total. The van der Waals surface area contributed by atoms with E-state index in [0.717, 1.165) is 20.9 Å². The summed E-state index contributed by atoms with van der Waals surface area (Å²) in [5.74, 6) is -0.189. The Morgan fingerprint density at radius 3 is 2.35 bits per heavy atom. The molecule has 0 aliphatic carbocycles. The lowest BCUT2D eigenvalue weighted by Gasteiger charge is -2.34. The number of thiazole rings is 1. The van der Waals surface area contributed by atoms with Crippen LogP contribution in [0.1, 0.15) is 15.9 Å².